The van der Waals surface area contributed by atoms with Crippen molar-refractivity contribution in [2.75, 3.05) is 4.90 Å². The van der Waals surface area contributed by atoms with Crippen molar-refractivity contribution in [1.29, 1.82) is 0 Å². The van der Waals surface area contributed by atoms with E-state index in [1.165, 1.54) is 10.5 Å². The van der Waals surface area contributed by atoms with Crippen molar-refractivity contribution in [1.82, 2.24) is 0 Å². The zero-order valence-electron chi connectivity index (χ0n) is 13.5. The van der Waals surface area contributed by atoms with Gasteiger partial charge < -0.3 is 5.32 Å². The van der Waals surface area contributed by atoms with E-state index in [1.54, 1.807) is 0 Å². The van der Waals surface area contributed by atoms with Gasteiger partial charge in [0.25, 0.3) is 5.91 Å². The monoisotopic (exact) mass is 343 g/mol. The van der Waals surface area contributed by atoms with Crippen LogP contribution in [0.5, 0.6) is 0 Å². The third kappa shape index (κ3) is 3.50. The number of nitrogens with zero attached hydrogens (tertiary/aromatic N) is 1. The number of hydrogen-bond donors (Lipinski definition) is 1. The summed E-state index contributed by atoms with van der Waals surface area (Å²) in [6, 6.07) is 14.8. The number of amides is 2. The number of halogens is 1. The number of hydrogen-bond acceptors (Lipinski definition) is 2. The van der Waals surface area contributed by atoms with Gasteiger partial charge in [-0.05, 0) is 36.2 Å². The number of rotatable bonds is 5. The molecule has 3 rings (SSSR count). The Kier molecular flexibility index (Phi) is 4.97. The number of quaternary nitrogens is 1. The predicted molar refractivity (Wildman–Crippen MR) is 93.8 cm³/mol. The molecule has 1 fully saturated rings. The van der Waals surface area contributed by atoms with Gasteiger partial charge in [-0.3, -0.25) is 9.59 Å². The first-order valence-corrected chi connectivity index (χ1v) is 8.50. The molecule has 1 saturated heterocycles. The highest BCUT2D eigenvalue weighted by Gasteiger charge is 2.42. The average Bonchev–Trinajstić information content (AvgIpc) is 2.87. The van der Waals surface area contributed by atoms with Crippen molar-refractivity contribution in [2.24, 2.45) is 0 Å². The van der Waals surface area contributed by atoms with Gasteiger partial charge in [0.05, 0.1) is 12.1 Å². The lowest BCUT2D eigenvalue weighted by atomic mass is 10.1. The normalized spacial score (nSPS) is 17.6. The van der Waals surface area contributed by atoms with Crippen LogP contribution < -0.4 is 10.2 Å². The molecule has 0 spiro atoms. The molecule has 2 aromatic rings. The lowest BCUT2D eigenvalue weighted by Gasteiger charge is -2.14. The Hall–Kier alpha value is -2.17. The zero-order valence-corrected chi connectivity index (χ0v) is 14.3. The molecule has 1 aliphatic heterocycles. The molecular weight excluding hydrogens is 324 g/mol. The summed E-state index contributed by atoms with van der Waals surface area (Å²) in [7, 11) is 0. The third-order valence-electron chi connectivity index (χ3n) is 4.31. The molecule has 4 nitrogen and oxygen atoms in total. The molecule has 0 saturated carbocycles. The molecule has 2 amide bonds. The molecule has 0 aromatic heterocycles. The summed E-state index contributed by atoms with van der Waals surface area (Å²) in [6.45, 7) is 2.69. The number of nitrogens with two attached hydrogens (primary N) is 1. The second kappa shape index (κ2) is 7.16. The topological polar surface area (TPSA) is 54.0 Å². The summed E-state index contributed by atoms with van der Waals surface area (Å²) in [4.78, 5) is 26.2. The standard InChI is InChI=1S/C19H19ClN2O2/c1-2-13-6-8-16(9-7-13)22-18(23)11-17(19(22)24)21-12-14-4-3-5-15(20)10-14/h3-10,17,21H,2,11-12H2,1H3/p+1/t17-/m1/s1. The van der Waals surface area contributed by atoms with Crippen LogP contribution in [-0.4, -0.2) is 17.9 Å². The maximum absolute atomic E-state index is 12.6. The smallest absolute Gasteiger partial charge is 0.292 e. The van der Waals surface area contributed by atoms with Crippen molar-refractivity contribution in [3.05, 3.63) is 64.7 Å². The Morgan fingerprint density at radius 2 is 1.88 bits per heavy atom. The molecule has 24 heavy (non-hydrogen) atoms. The quantitative estimate of drug-likeness (QED) is 0.847. The van der Waals surface area contributed by atoms with Gasteiger partial charge in [-0.15, -0.1) is 0 Å². The first-order chi connectivity index (χ1) is 11.6. The van der Waals surface area contributed by atoms with Gasteiger partial charge in [-0.2, -0.15) is 0 Å². The van der Waals surface area contributed by atoms with E-state index in [2.05, 4.69) is 6.92 Å². The van der Waals surface area contributed by atoms with Crippen molar-refractivity contribution in [3.8, 4) is 0 Å². The number of carbonyl (C=O) groups excluding carboxylic acids is 2. The molecule has 0 radical (unpaired) electrons. The van der Waals surface area contributed by atoms with Crippen LogP contribution in [0.4, 0.5) is 5.69 Å². The molecule has 0 unspecified atom stereocenters. The summed E-state index contributed by atoms with van der Waals surface area (Å²) >= 11 is 5.98. The Morgan fingerprint density at radius 3 is 2.54 bits per heavy atom. The van der Waals surface area contributed by atoms with E-state index >= 15 is 0 Å². The van der Waals surface area contributed by atoms with Crippen molar-refractivity contribution in [3.63, 3.8) is 0 Å². The number of aryl methyl sites for hydroxylation is 1. The number of anilines is 1. The maximum atomic E-state index is 12.6. The fourth-order valence-corrected chi connectivity index (χ4v) is 3.15. The van der Waals surface area contributed by atoms with Crippen LogP contribution in [0, 0.1) is 0 Å². The molecule has 1 heterocycles. The molecule has 2 aromatic carbocycles. The summed E-state index contributed by atoms with van der Waals surface area (Å²) < 4.78 is 0. The van der Waals surface area contributed by atoms with Crippen LogP contribution >= 0.6 is 11.6 Å². The molecular formula is C19H20ClN2O2+. The van der Waals surface area contributed by atoms with E-state index < -0.39 is 0 Å². The molecule has 0 bridgehead atoms. The Balaban J connectivity index is 1.69. The number of imide groups is 1. The van der Waals surface area contributed by atoms with Gasteiger partial charge in [0.1, 0.15) is 6.54 Å². The highest BCUT2D eigenvalue weighted by atomic mass is 35.5. The van der Waals surface area contributed by atoms with Gasteiger partial charge in [0.15, 0.2) is 6.04 Å². The third-order valence-corrected chi connectivity index (χ3v) is 4.55. The summed E-state index contributed by atoms with van der Waals surface area (Å²) in [5.74, 6) is -0.289. The average molecular weight is 344 g/mol. The largest absolute Gasteiger partial charge is 0.332 e. The molecule has 0 aliphatic carbocycles. The van der Waals surface area contributed by atoms with Crippen LogP contribution in [0.3, 0.4) is 0 Å². The van der Waals surface area contributed by atoms with Crippen LogP contribution in [0.1, 0.15) is 24.5 Å². The molecule has 2 N–H and O–H groups in total. The summed E-state index contributed by atoms with van der Waals surface area (Å²) in [5.41, 5.74) is 2.87. The lowest BCUT2D eigenvalue weighted by Crippen LogP contribution is -2.90. The van der Waals surface area contributed by atoms with Gasteiger partial charge in [-0.25, -0.2) is 4.90 Å². The zero-order chi connectivity index (χ0) is 17.1. The minimum absolute atomic E-state index is 0.142. The number of carbonyl (C=O) groups is 2. The van der Waals surface area contributed by atoms with E-state index in [9.17, 15) is 9.59 Å². The van der Waals surface area contributed by atoms with E-state index in [-0.39, 0.29) is 24.3 Å². The molecule has 124 valence electrons. The van der Waals surface area contributed by atoms with Crippen molar-refractivity contribution in [2.45, 2.75) is 32.4 Å². The lowest BCUT2D eigenvalue weighted by molar-refractivity contribution is -0.690. The van der Waals surface area contributed by atoms with E-state index in [0.29, 0.717) is 17.3 Å². The Labute approximate surface area is 146 Å². The molecule has 1 aliphatic rings. The fourth-order valence-electron chi connectivity index (χ4n) is 2.93. The van der Waals surface area contributed by atoms with Gasteiger partial charge in [0, 0.05) is 10.6 Å². The summed E-state index contributed by atoms with van der Waals surface area (Å²) in [6.07, 6.45) is 1.16. The SMILES string of the molecule is CCc1ccc(N2C(=O)C[C@@H]([NH2+]Cc3cccc(Cl)c3)C2=O)cc1. The minimum Gasteiger partial charge on any atom is -0.332 e. The first-order valence-electron chi connectivity index (χ1n) is 8.12. The van der Waals surface area contributed by atoms with E-state index in [4.69, 9.17) is 11.6 Å². The van der Waals surface area contributed by atoms with E-state index in [0.717, 1.165) is 12.0 Å². The van der Waals surface area contributed by atoms with Crippen LogP contribution in [0.2, 0.25) is 5.02 Å². The molecule has 1 atom stereocenters. The van der Waals surface area contributed by atoms with Crippen LogP contribution in [0.15, 0.2) is 48.5 Å². The summed E-state index contributed by atoms with van der Waals surface area (Å²) in [5, 5.41) is 2.58. The Bertz CT molecular complexity index is 758. The van der Waals surface area contributed by atoms with Crippen molar-refractivity contribution >= 4 is 29.1 Å². The second-order valence-corrected chi connectivity index (χ2v) is 6.40. The van der Waals surface area contributed by atoms with Crippen molar-refractivity contribution < 1.29 is 14.9 Å². The highest BCUT2D eigenvalue weighted by molar-refractivity contribution is 6.30. The van der Waals surface area contributed by atoms with Gasteiger partial charge in [-0.1, -0.05) is 42.8 Å². The Morgan fingerprint density at radius 1 is 1.12 bits per heavy atom. The fraction of sp³-hybridized carbons (Fsp3) is 0.263. The second-order valence-electron chi connectivity index (χ2n) is 5.97. The number of benzene rings is 2. The highest BCUT2D eigenvalue weighted by Crippen LogP contribution is 2.22. The first kappa shape index (κ1) is 16.7. The predicted octanol–water partition coefficient (Wildman–Crippen LogP) is 2.30. The molecule has 5 heteroatoms. The van der Waals surface area contributed by atoms with E-state index in [1.807, 2.05) is 53.8 Å². The van der Waals surface area contributed by atoms with Crippen LogP contribution in [-0.2, 0) is 22.6 Å². The van der Waals surface area contributed by atoms with Gasteiger partial charge >= 0.3 is 0 Å². The van der Waals surface area contributed by atoms with Crippen LogP contribution in [0.25, 0.3) is 0 Å². The minimum atomic E-state index is -0.373. The van der Waals surface area contributed by atoms with Gasteiger partial charge in [0.2, 0.25) is 5.91 Å². The maximum Gasteiger partial charge on any atom is 0.292 e.